The first kappa shape index (κ1) is 7.28. The third-order valence-corrected chi connectivity index (χ3v) is 1.27. The number of hydrogen-bond acceptors (Lipinski definition) is 5. The third kappa shape index (κ3) is 1.19. The van der Waals surface area contributed by atoms with Crippen LogP contribution < -0.4 is 5.73 Å². The van der Waals surface area contributed by atoms with Gasteiger partial charge in [0.15, 0.2) is 6.19 Å². The van der Waals surface area contributed by atoms with Crippen molar-refractivity contribution < 1.29 is 4.79 Å². The fraction of sp³-hybridized carbons (Fsp3) is 0.167. The minimum absolute atomic E-state index is 0.187. The number of aliphatic imine (C=N–C) groups is 1. The maximum atomic E-state index is 10.3. The smallest absolute Gasteiger partial charge is 0.186 e. The molecule has 0 aromatic heterocycles. The zero-order valence-corrected chi connectivity index (χ0v) is 5.64. The Morgan fingerprint density at radius 2 is 2.64 bits per heavy atom. The summed E-state index contributed by atoms with van der Waals surface area (Å²) in [5.74, 6) is 0.187. The third-order valence-electron chi connectivity index (χ3n) is 1.27. The van der Waals surface area contributed by atoms with E-state index in [2.05, 4.69) is 4.99 Å². The number of carbonyl (C=O) groups is 1. The standard InChI is InChI=1S/C6H6N4O/c7-4-10-5(3-11)1-9-2-6(10)8/h1-3,5H,8H2. The van der Waals surface area contributed by atoms with Gasteiger partial charge in [0.1, 0.15) is 18.1 Å². The molecule has 1 atom stereocenters. The topological polar surface area (TPSA) is 82.5 Å². The van der Waals surface area contributed by atoms with Crippen LogP contribution in [-0.4, -0.2) is 23.4 Å². The molecule has 1 aliphatic rings. The maximum Gasteiger partial charge on any atom is 0.186 e. The lowest BCUT2D eigenvalue weighted by Crippen LogP contribution is -2.37. The van der Waals surface area contributed by atoms with Crippen molar-refractivity contribution in [2.75, 3.05) is 0 Å². The molecule has 0 fully saturated rings. The zero-order valence-electron chi connectivity index (χ0n) is 5.64. The molecule has 0 radical (unpaired) electrons. The van der Waals surface area contributed by atoms with Gasteiger partial charge >= 0.3 is 0 Å². The highest BCUT2D eigenvalue weighted by molar-refractivity contribution is 5.87. The van der Waals surface area contributed by atoms with Crippen LogP contribution >= 0.6 is 0 Å². The maximum absolute atomic E-state index is 10.3. The van der Waals surface area contributed by atoms with Gasteiger partial charge in [-0.3, -0.25) is 4.99 Å². The summed E-state index contributed by atoms with van der Waals surface area (Å²) in [6, 6.07) is -0.648. The molecule has 1 unspecified atom stereocenters. The fourth-order valence-corrected chi connectivity index (χ4v) is 0.729. The average molecular weight is 150 g/mol. The Morgan fingerprint density at radius 3 is 3.09 bits per heavy atom. The van der Waals surface area contributed by atoms with Gasteiger partial charge in [0.25, 0.3) is 0 Å². The van der Waals surface area contributed by atoms with Gasteiger partial charge in [-0.2, -0.15) is 5.26 Å². The highest BCUT2D eigenvalue weighted by atomic mass is 16.1. The van der Waals surface area contributed by atoms with Gasteiger partial charge in [0.05, 0.1) is 6.20 Å². The second kappa shape index (κ2) is 2.84. The molecule has 11 heavy (non-hydrogen) atoms. The molecular formula is C6H6N4O. The number of hydrogen-bond donors (Lipinski definition) is 1. The zero-order chi connectivity index (χ0) is 8.27. The lowest BCUT2D eigenvalue weighted by Gasteiger charge is -2.20. The molecule has 0 bridgehead atoms. The SMILES string of the molecule is N#CN1C(N)=CN=CC1C=O. The predicted molar refractivity (Wildman–Crippen MR) is 38.1 cm³/mol. The molecule has 5 heteroatoms. The quantitative estimate of drug-likeness (QED) is 0.391. The van der Waals surface area contributed by atoms with Crippen molar-refractivity contribution >= 4 is 12.5 Å². The first-order chi connectivity index (χ1) is 5.29. The van der Waals surface area contributed by atoms with Crippen molar-refractivity contribution in [3.05, 3.63) is 12.0 Å². The van der Waals surface area contributed by atoms with E-state index in [1.165, 1.54) is 12.4 Å². The van der Waals surface area contributed by atoms with Crippen LogP contribution in [0.3, 0.4) is 0 Å². The van der Waals surface area contributed by atoms with Gasteiger partial charge in [0, 0.05) is 6.21 Å². The van der Waals surface area contributed by atoms with E-state index in [9.17, 15) is 4.79 Å². The van der Waals surface area contributed by atoms with Gasteiger partial charge < -0.3 is 10.5 Å². The lowest BCUT2D eigenvalue weighted by molar-refractivity contribution is -0.109. The Hall–Kier alpha value is -1.83. The fourth-order valence-electron chi connectivity index (χ4n) is 0.729. The minimum Gasteiger partial charge on any atom is -0.383 e. The molecule has 0 aromatic rings. The summed E-state index contributed by atoms with van der Waals surface area (Å²) in [6.07, 6.45) is 5.05. The molecule has 0 aromatic carbocycles. The minimum atomic E-state index is -0.648. The first-order valence-corrected chi connectivity index (χ1v) is 2.93. The van der Waals surface area contributed by atoms with Crippen molar-refractivity contribution in [2.45, 2.75) is 6.04 Å². The van der Waals surface area contributed by atoms with Crippen LogP contribution in [0.5, 0.6) is 0 Å². The molecule has 1 aliphatic heterocycles. The number of carbonyl (C=O) groups excluding carboxylic acids is 1. The van der Waals surface area contributed by atoms with Crippen molar-refractivity contribution in [3.63, 3.8) is 0 Å². The second-order valence-electron chi connectivity index (χ2n) is 1.95. The van der Waals surface area contributed by atoms with Crippen LogP contribution in [0.25, 0.3) is 0 Å². The number of nitrogens with two attached hydrogens (primary N) is 1. The molecule has 0 saturated heterocycles. The molecule has 0 amide bonds. The number of rotatable bonds is 1. The molecule has 56 valence electrons. The molecule has 0 saturated carbocycles. The summed E-state index contributed by atoms with van der Waals surface area (Å²) in [4.78, 5) is 15.1. The lowest BCUT2D eigenvalue weighted by atomic mass is 10.3. The van der Waals surface area contributed by atoms with E-state index in [0.29, 0.717) is 6.29 Å². The van der Waals surface area contributed by atoms with E-state index >= 15 is 0 Å². The van der Waals surface area contributed by atoms with Crippen LogP contribution in [0.2, 0.25) is 0 Å². The Morgan fingerprint density at radius 1 is 1.91 bits per heavy atom. The Labute approximate surface area is 63.4 Å². The van der Waals surface area contributed by atoms with E-state index < -0.39 is 6.04 Å². The molecule has 1 rings (SSSR count). The van der Waals surface area contributed by atoms with Crippen molar-refractivity contribution in [1.29, 1.82) is 5.26 Å². The number of nitrogens with zero attached hydrogens (tertiary/aromatic N) is 3. The van der Waals surface area contributed by atoms with Gasteiger partial charge in [0.2, 0.25) is 0 Å². The monoisotopic (exact) mass is 150 g/mol. The molecule has 1 heterocycles. The normalized spacial score (nSPS) is 22.3. The average Bonchev–Trinajstić information content (AvgIpc) is 2.04. The summed E-state index contributed by atoms with van der Waals surface area (Å²) in [6.45, 7) is 0. The number of aldehydes is 1. The molecular weight excluding hydrogens is 144 g/mol. The van der Waals surface area contributed by atoms with Crippen molar-refractivity contribution in [3.8, 4) is 6.19 Å². The largest absolute Gasteiger partial charge is 0.383 e. The molecule has 0 spiro atoms. The van der Waals surface area contributed by atoms with Crippen LogP contribution in [0.4, 0.5) is 0 Å². The van der Waals surface area contributed by atoms with Gasteiger partial charge in [-0.05, 0) is 0 Å². The predicted octanol–water partition coefficient (Wildman–Crippen LogP) is -0.821. The summed E-state index contributed by atoms with van der Waals surface area (Å²) >= 11 is 0. The number of nitriles is 1. The molecule has 0 aliphatic carbocycles. The van der Waals surface area contributed by atoms with E-state index in [4.69, 9.17) is 11.0 Å². The van der Waals surface area contributed by atoms with Gasteiger partial charge in [-0.15, -0.1) is 0 Å². The van der Waals surface area contributed by atoms with E-state index in [0.717, 1.165) is 4.90 Å². The Kier molecular flexibility index (Phi) is 1.88. The van der Waals surface area contributed by atoms with Crippen molar-refractivity contribution in [2.24, 2.45) is 10.7 Å². The highest BCUT2D eigenvalue weighted by Crippen LogP contribution is 2.04. The Balaban J connectivity index is 2.89. The van der Waals surface area contributed by atoms with E-state index in [1.54, 1.807) is 6.19 Å². The van der Waals surface area contributed by atoms with Crippen LogP contribution in [0.15, 0.2) is 17.0 Å². The highest BCUT2D eigenvalue weighted by Gasteiger charge is 2.18. The van der Waals surface area contributed by atoms with Gasteiger partial charge in [-0.1, -0.05) is 0 Å². The van der Waals surface area contributed by atoms with Crippen LogP contribution in [0, 0.1) is 11.5 Å². The summed E-state index contributed by atoms with van der Waals surface area (Å²) in [5, 5.41) is 8.50. The van der Waals surface area contributed by atoms with Crippen LogP contribution in [-0.2, 0) is 4.79 Å². The first-order valence-electron chi connectivity index (χ1n) is 2.93. The Bertz CT molecular complexity index is 262. The van der Waals surface area contributed by atoms with Crippen molar-refractivity contribution in [1.82, 2.24) is 4.90 Å². The summed E-state index contributed by atoms with van der Waals surface area (Å²) in [5.41, 5.74) is 5.35. The summed E-state index contributed by atoms with van der Waals surface area (Å²) < 4.78 is 0. The van der Waals surface area contributed by atoms with E-state index in [1.807, 2.05) is 0 Å². The van der Waals surface area contributed by atoms with Crippen LogP contribution in [0.1, 0.15) is 0 Å². The van der Waals surface area contributed by atoms with E-state index in [-0.39, 0.29) is 5.82 Å². The molecule has 5 nitrogen and oxygen atoms in total. The molecule has 2 N–H and O–H groups in total. The second-order valence-corrected chi connectivity index (χ2v) is 1.95. The van der Waals surface area contributed by atoms with Gasteiger partial charge in [-0.25, -0.2) is 4.90 Å². The summed E-state index contributed by atoms with van der Waals surface area (Å²) in [7, 11) is 0.